The molecule has 0 spiro atoms. The minimum atomic E-state index is -0.473. The van der Waals surface area contributed by atoms with Crippen molar-refractivity contribution < 1.29 is 14.4 Å². The molecule has 0 aliphatic carbocycles. The molecule has 2 aromatic carbocycles. The second kappa shape index (κ2) is 8.53. The van der Waals surface area contributed by atoms with Crippen molar-refractivity contribution in [3.63, 3.8) is 0 Å². The highest BCUT2D eigenvalue weighted by Crippen LogP contribution is 2.20. The lowest BCUT2D eigenvalue weighted by atomic mass is 10.2. The van der Waals surface area contributed by atoms with Crippen LogP contribution in [0.4, 0.5) is 0 Å². The quantitative estimate of drug-likeness (QED) is 0.785. The molecule has 0 aromatic heterocycles. The van der Waals surface area contributed by atoms with Gasteiger partial charge in [-0.3, -0.25) is 14.4 Å². The normalized spacial score (nSPS) is 10.2. The first-order valence-electron chi connectivity index (χ1n) is 6.74. The van der Waals surface area contributed by atoms with Crippen molar-refractivity contribution in [1.29, 1.82) is 0 Å². The zero-order chi connectivity index (χ0) is 16.7. The number of hydrogen-bond donors (Lipinski definition) is 2. The number of carbonyl (C=O) groups is 2. The van der Waals surface area contributed by atoms with Crippen LogP contribution in [-0.2, 0) is 16.2 Å². The van der Waals surface area contributed by atoms with E-state index in [9.17, 15) is 9.59 Å². The van der Waals surface area contributed by atoms with E-state index >= 15 is 0 Å². The van der Waals surface area contributed by atoms with Gasteiger partial charge in [-0.05, 0) is 23.8 Å². The summed E-state index contributed by atoms with van der Waals surface area (Å²) in [5, 5.41) is 3.10. The summed E-state index contributed by atoms with van der Waals surface area (Å²) in [6, 6.07) is 13.9. The molecule has 0 fully saturated rings. The number of benzene rings is 2. The van der Waals surface area contributed by atoms with E-state index in [0.29, 0.717) is 5.02 Å². The molecule has 23 heavy (non-hydrogen) atoms. The molecule has 0 heterocycles. The fraction of sp³-hybridized carbons (Fsp3) is 0.125. The molecule has 0 aliphatic heterocycles. The van der Waals surface area contributed by atoms with Gasteiger partial charge in [0.25, 0.3) is 11.8 Å². The number of halogens is 2. The SMILES string of the molecule is O=C(CNC(=O)c1ccc(Cl)cc1Cl)NOCc1ccccc1. The number of nitrogens with one attached hydrogen (secondary N) is 2. The first-order valence-corrected chi connectivity index (χ1v) is 7.49. The van der Waals surface area contributed by atoms with E-state index in [0.717, 1.165) is 5.56 Å². The van der Waals surface area contributed by atoms with Gasteiger partial charge in [-0.15, -0.1) is 0 Å². The molecular weight excluding hydrogens is 339 g/mol. The highest BCUT2D eigenvalue weighted by molar-refractivity contribution is 6.36. The van der Waals surface area contributed by atoms with Gasteiger partial charge in [-0.25, -0.2) is 5.48 Å². The van der Waals surface area contributed by atoms with E-state index in [-0.39, 0.29) is 23.7 Å². The van der Waals surface area contributed by atoms with Crippen LogP contribution in [-0.4, -0.2) is 18.4 Å². The van der Waals surface area contributed by atoms with E-state index in [1.54, 1.807) is 6.07 Å². The Hall–Kier alpha value is -2.08. The molecule has 0 saturated carbocycles. The van der Waals surface area contributed by atoms with Gasteiger partial charge in [-0.1, -0.05) is 53.5 Å². The molecule has 0 aliphatic rings. The van der Waals surface area contributed by atoms with Crippen LogP contribution < -0.4 is 10.8 Å². The Labute approximate surface area is 143 Å². The van der Waals surface area contributed by atoms with Crippen LogP contribution in [0.3, 0.4) is 0 Å². The summed E-state index contributed by atoms with van der Waals surface area (Å²) in [7, 11) is 0. The van der Waals surface area contributed by atoms with Crippen LogP contribution in [0.5, 0.6) is 0 Å². The predicted molar refractivity (Wildman–Crippen MR) is 88.2 cm³/mol. The number of rotatable bonds is 6. The molecule has 7 heteroatoms. The maximum absolute atomic E-state index is 11.9. The largest absolute Gasteiger partial charge is 0.343 e. The second-order valence-electron chi connectivity index (χ2n) is 4.61. The van der Waals surface area contributed by atoms with Crippen molar-refractivity contribution in [2.75, 3.05) is 6.54 Å². The standard InChI is InChI=1S/C16H14Cl2N2O3/c17-12-6-7-13(14(18)8-12)16(22)19-9-15(21)20-23-10-11-4-2-1-3-5-11/h1-8H,9-10H2,(H,19,22)(H,20,21). The van der Waals surface area contributed by atoms with Crippen molar-refractivity contribution in [2.24, 2.45) is 0 Å². The summed E-state index contributed by atoms with van der Waals surface area (Å²) < 4.78 is 0. The van der Waals surface area contributed by atoms with Crippen molar-refractivity contribution in [1.82, 2.24) is 10.8 Å². The Kier molecular flexibility index (Phi) is 6.40. The molecule has 0 bridgehead atoms. The summed E-state index contributed by atoms with van der Waals surface area (Å²) in [6.45, 7) is 0.0100. The summed E-state index contributed by atoms with van der Waals surface area (Å²) in [5.74, 6) is -0.941. The average molecular weight is 353 g/mol. The second-order valence-corrected chi connectivity index (χ2v) is 5.45. The Morgan fingerprint density at radius 1 is 1.04 bits per heavy atom. The predicted octanol–water partition coefficient (Wildman–Crippen LogP) is 2.97. The van der Waals surface area contributed by atoms with Gasteiger partial charge < -0.3 is 5.32 Å². The molecule has 0 radical (unpaired) electrons. The maximum Gasteiger partial charge on any atom is 0.262 e. The molecule has 2 rings (SSSR count). The van der Waals surface area contributed by atoms with Gasteiger partial charge in [0.1, 0.15) is 0 Å². The summed E-state index contributed by atoms with van der Waals surface area (Å²) in [4.78, 5) is 28.6. The van der Waals surface area contributed by atoms with Gasteiger partial charge >= 0.3 is 0 Å². The number of carbonyl (C=O) groups excluding carboxylic acids is 2. The van der Waals surface area contributed by atoms with E-state index < -0.39 is 11.8 Å². The van der Waals surface area contributed by atoms with Crippen LogP contribution >= 0.6 is 23.2 Å². The lowest BCUT2D eigenvalue weighted by Crippen LogP contribution is -2.36. The first kappa shape index (κ1) is 17.3. The average Bonchev–Trinajstić information content (AvgIpc) is 2.53. The molecular formula is C16H14Cl2N2O3. The van der Waals surface area contributed by atoms with Crippen LogP contribution in [0.1, 0.15) is 15.9 Å². The summed E-state index contributed by atoms with van der Waals surface area (Å²) in [5.41, 5.74) is 3.42. The molecule has 0 atom stereocenters. The summed E-state index contributed by atoms with van der Waals surface area (Å²) >= 11 is 11.7. The molecule has 5 nitrogen and oxygen atoms in total. The van der Waals surface area contributed by atoms with E-state index in [1.807, 2.05) is 30.3 Å². The van der Waals surface area contributed by atoms with Crippen molar-refractivity contribution >= 4 is 35.0 Å². The minimum absolute atomic E-state index is 0.218. The minimum Gasteiger partial charge on any atom is -0.343 e. The third-order valence-electron chi connectivity index (χ3n) is 2.85. The maximum atomic E-state index is 11.9. The highest BCUT2D eigenvalue weighted by Gasteiger charge is 2.12. The van der Waals surface area contributed by atoms with E-state index in [1.165, 1.54) is 12.1 Å². The third-order valence-corrected chi connectivity index (χ3v) is 3.40. The van der Waals surface area contributed by atoms with Crippen molar-refractivity contribution in [3.8, 4) is 0 Å². The lowest BCUT2D eigenvalue weighted by molar-refractivity contribution is -0.133. The third kappa shape index (κ3) is 5.56. The zero-order valence-electron chi connectivity index (χ0n) is 12.0. The Bertz CT molecular complexity index is 693. The smallest absolute Gasteiger partial charge is 0.262 e. The number of hydrogen-bond acceptors (Lipinski definition) is 3. The van der Waals surface area contributed by atoms with Gasteiger partial charge in [0.05, 0.1) is 23.7 Å². The van der Waals surface area contributed by atoms with Crippen LogP contribution in [0.2, 0.25) is 10.0 Å². The molecule has 2 aromatic rings. The van der Waals surface area contributed by atoms with Crippen molar-refractivity contribution in [2.45, 2.75) is 6.61 Å². The molecule has 120 valence electrons. The summed E-state index contributed by atoms with van der Waals surface area (Å²) in [6.07, 6.45) is 0. The van der Waals surface area contributed by atoms with Crippen molar-refractivity contribution in [3.05, 3.63) is 69.7 Å². The molecule has 0 unspecified atom stereocenters. The fourth-order valence-corrected chi connectivity index (χ4v) is 2.23. The first-order chi connectivity index (χ1) is 11.1. The molecule has 2 N–H and O–H groups in total. The zero-order valence-corrected chi connectivity index (χ0v) is 13.5. The topological polar surface area (TPSA) is 67.4 Å². The Morgan fingerprint density at radius 2 is 1.78 bits per heavy atom. The Morgan fingerprint density at radius 3 is 2.48 bits per heavy atom. The molecule has 2 amide bonds. The van der Waals surface area contributed by atoms with E-state index in [4.69, 9.17) is 28.0 Å². The van der Waals surface area contributed by atoms with Gasteiger partial charge in [-0.2, -0.15) is 0 Å². The lowest BCUT2D eigenvalue weighted by Gasteiger charge is -2.08. The number of hydroxylamine groups is 1. The van der Waals surface area contributed by atoms with Crippen LogP contribution in [0.15, 0.2) is 48.5 Å². The van der Waals surface area contributed by atoms with Gasteiger partial charge in [0, 0.05) is 5.02 Å². The van der Waals surface area contributed by atoms with Gasteiger partial charge in [0.15, 0.2) is 0 Å². The Balaban J connectivity index is 1.74. The highest BCUT2D eigenvalue weighted by atomic mass is 35.5. The fourth-order valence-electron chi connectivity index (χ4n) is 1.74. The van der Waals surface area contributed by atoms with Crippen LogP contribution in [0.25, 0.3) is 0 Å². The molecule has 0 saturated heterocycles. The monoisotopic (exact) mass is 352 g/mol. The number of amides is 2. The van der Waals surface area contributed by atoms with Gasteiger partial charge in [0.2, 0.25) is 0 Å². The van der Waals surface area contributed by atoms with Crippen LogP contribution in [0, 0.1) is 0 Å². The van der Waals surface area contributed by atoms with E-state index in [2.05, 4.69) is 10.8 Å².